The number of hydrogen-bond donors (Lipinski definition) is 3. The Morgan fingerprint density at radius 1 is 1.36 bits per heavy atom. The highest BCUT2D eigenvalue weighted by Crippen LogP contribution is 2.40. The lowest BCUT2D eigenvalue weighted by molar-refractivity contribution is -0.351. The molecule has 0 unspecified atom stereocenters. The summed E-state index contributed by atoms with van der Waals surface area (Å²) in [6.45, 7) is 3.86. The van der Waals surface area contributed by atoms with Gasteiger partial charge in [-0.3, -0.25) is 9.53 Å². The number of fused-ring (bicyclic) bond motifs is 1. The maximum atomic E-state index is 12.6. The van der Waals surface area contributed by atoms with Gasteiger partial charge in [-0.1, -0.05) is 18.2 Å². The van der Waals surface area contributed by atoms with Crippen LogP contribution in [0.5, 0.6) is 5.75 Å². The van der Waals surface area contributed by atoms with Gasteiger partial charge in [0.1, 0.15) is 11.6 Å². The number of imidazole rings is 1. The molecule has 1 aliphatic carbocycles. The monoisotopic (exact) mass is 485 g/mol. The van der Waals surface area contributed by atoms with Crippen LogP contribution in [0.3, 0.4) is 0 Å². The van der Waals surface area contributed by atoms with Gasteiger partial charge in [-0.05, 0) is 37.5 Å². The normalized spacial score (nSPS) is 24.4. The number of halogens is 4. The summed E-state index contributed by atoms with van der Waals surface area (Å²) in [5, 5.41) is 13.5. The quantitative estimate of drug-likeness (QED) is 0.543. The average molecular weight is 486 g/mol. The first-order valence-electron chi connectivity index (χ1n) is 10.5. The van der Waals surface area contributed by atoms with Gasteiger partial charge in [0.15, 0.2) is 6.10 Å². The number of benzene rings is 1. The number of nitrogens with one attached hydrogen (secondary N) is 2. The number of allylic oxidation sites excluding steroid dienone is 1. The molecule has 1 aliphatic heterocycles. The van der Waals surface area contributed by atoms with E-state index in [1.54, 1.807) is 24.4 Å². The smallest absolute Gasteiger partial charge is 0.480 e. The molecule has 3 N–H and O–H groups in total. The van der Waals surface area contributed by atoms with Crippen molar-refractivity contribution in [2.75, 3.05) is 0 Å². The number of ether oxygens (including phenoxy) is 2. The Hall–Kier alpha value is -2.56. The number of aliphatic hydroxyl groups is 1. The fraction of sp³-hybridized carbons (Fsp3) is 0.455. The van der Waals surface area contributed by atoms with E-state index in [4.69, 9.17) is 16.3 Å². The summed E-state index contributed by atoms with van der Waals surface area (Å²) in [6, 6.07) is 4.85. The third kappa shape index (κ3) is 5.87. The predicted molar refractivity (Wildman–Crippen MR) is 113 cm³/mol. The minimum Gasteiger partial charge on any atom is -0.480 e. The minimum atomic E-state index is -4.61. The summed E-state index contributed by atoms with van der Waals surface area (Å²) < 4.78 is 46.4. The van der Waals surface area contributed by atoms with Gasteiger partial charge in [-0.15, -0.1) is 13.2 Å². The second-order valence-corrected chi connectivity index (χ2v) is 8.71. The van der Waals surface area contributed by atoms with Crippen LogP contribution >= 0.6 is 11.6 Å². The van der Waals surface area contributed by atoms with Crippen molar-refractivity contribution in [2.24, 2.45) is 0 Å². The molecule has 2 aromatic rings. The highest BCUT2D eigenvalue weighted by molar-refractivity contribution is 6.30. The first-order chi connectivity index (χ1) is 15.6. The Kier molecular flexibility index (Phi) is 6.69. The van der Waals surface area contributed by atoms with Crippen LogP contribution in [-0.4, -0.2) is 39.6 Å². The molecular weight excluding hydrogens is 463 g/mol. The zero-order valence-electron chi connectivity index (χ0n) is 17.5. The number of H-pyrrole nitrogens is 1. The van der Waals surface area contributed by atoms with Crippen molar-refractivity contribution < 1.29 is 32.5 Å². The van der Waals surface area contributed by atoms with Gasteiger partial charge in [0, 0.05) is 46.9 Å². The summed E-state index contributed by atoms with van der Waals surface area (Å²) in [5.74, 6) is 0.598. The lowest BCUT2D eigenvalue weighted by Gasteiger charge is -2.34. The van der Waals surface area contributed by atoms with Crippen molar-refractivity contribution in [2.45, 2.75) is 62.7 Å². The molecule has 4 rings (SSSR count). The third-order valence-corrected chi connectivity index (χ3v) is 6.01. The van der Waals surface area contributed by atoms with Crippen LogP contribution in [0.25, 0.3) is 0 Å². The summed E-state index contributed by atoms with van der Waals surface area (Å²) in [7, 11) is 0. The molecule has 0 saturated heterocycles. The SMILES string of the molecule is C=C(CCc1ncc([C@H]2C[C@@H](OC(F)(F)F)C2)[nH]1)NC(=O)[C@H]1C[C@@H](O)c2cc(Cl)ccc2O1. The van der Waals surface area contributed by atoms with Gasteiger partial charge in [0.2, 0.25) is 0 Å². The Balaban J connectivity index is 1.23. The fourth-order valence-corrected chi connectivity index (χ4v) is 4.16. The maximum absolute atomic E-state index is 12.6. The Morgan fingerprint density at radius 3 is 2.85 bits per heavy atom. The first kappa shape index (κ1) is 23.6. The van der Waals surface area contributed by atoms with E-state index < -0.39 is 30.6 Å². The lowest BCUT2D eigenvalue weighted by Crippen LogP contribution is -2.41. The van der Waals surface area contributed by atoms with Crippen molar-refractivity contribution in [3.63, 3.8) is 0 Å². The molecule has 11 heteroatoms. The highest BCUT2D eigenvalue weighted by Gasteiger charge is 2.41. The summed E-state index contributed by atoms with van der Waals surface area (Å²) in [4.78, 5) is 19.9. The van der Waals surface area contributed by atoms with Crippen LogP contribution in [0, 0.1) is 0 Å². The van der Waals surface area contributed by atoms with E-state index in [0.717, 1.165) is 5.69 Å². The minimum absolute atomic E-state index is 0.0471. The molecule has 0 radical (unpaired) electrons. The molecule has 1 aromatic carbocycles. The van der Waals surface area contributed by atoms with Gasteiger partial charge in [0.25, 0.3) is 5.91 Å². The standard InChI is InChI=1S/C22H23ClF3N3O4/c1-11(28-21(31)19-9-17(30)15-8-13(23)3-4-18(15)32-19)2-5-20-27-10-16(29-20)12-6-14(7-12)33-22(24,25)26/h3-4,8,10,12,14,17,19,30H,1-2,5-7,9H2,(H,27,29)(H,28,31)/t12-,14+,17-,19-/m1/s1. The van der Waals surface area contributed by atoms with Crippen LogP contribution in [0.15, 0.2) is 36.7 Å². The van der Waals surface area contributed by atoms with E-state index >= 15 is 0 Å². The van der Waals surface area contributed by atoms with Crippen molar-refractivity contribution in [1.82, 2.24) is 15.3 Å². The van der Waals surface area contributed by atoms with E-state index in [9.17, 15) is 23.1 Å². The number of hydrogen-bond acceptors (Lipinski definition) is 5. The number of rotatable bonds is 7. The molecule has 1 saturated carbocycles. The second-order valence-electron chi connectivity index (χ2n) is 8.27. The number of aliphatic hydroxyl groups excluding tert-OH is 1. The van der Waals surface area contributed by atoms with Crippen LogP contribution < -0.4 is 10.1 Å². The number of alkyl halides is 3. The molecule has 7 nitrogen and oxygen atoms in total. The number of aryl methyl sites for hydroxylation is 1. The molecule has 1 fully saturated rings. The van der Waals surface area contributed by atoms with Crippen molar-refractivity contribution >= 4 is 17.5 Å². The molecule has 1 aromatic heterocycles. The highest BCUT2D eigenvalue weighted by atomic mass is 35.5. The number of nitrogens with zero attached hydrogens (tertiary/aromatic N) is 1. The number of amides is 1. The van der Waals surface area contributed by atoms with Crippen LogP contribution in [0.1, 0.15) is 54.8 Å². The van der Waals surface area contributed by atoms with Crippen molar-refractivity contribution in [1.29, 1.82) is 0 Å². The van der Waals surface area contributed by atoms with Gasteiger partial charge < -0.3 is 20.1 Å². The lowest BCUT2D eigenvalue weighted by atomic mass is 9.80. The number of carbonyl (C=O) groups excluding carboxylic acids is 1. The Labute approximate surface area is 192 Å². The number of carbonyl (C=O) groups is 1. The first-order valence-corrected chi connectivity index (χ1v) is 10.9. The summed E-state index contributed by atoms with van der Waals surface area (Å²) in [6.07, 6.45) is -4.02. The number of aromatic amines is 1. The summed E-state index contributed by atoms with van der Waals surface area (Å²) >= 11 is 5.94. The molecule has 1 amide bonds. The van der Waals surface area contributed by atoms with Gasteiger partial charge in [-0.25, -0.2) is 4.98 Å². The van der Waals surface area contributed by atoms with E-state index in [2.05, 4.69) is 26.6 Å². The zero-order valence-corrected chi connectivity index (χ0v) is 18.2. The fourth-order valence-electron chi connectivity index (χ4n) is 3.98. The van der Waals surface area contributed by atoms with Crippen molar-refractivity contribution in [3.05, 3.63) is 58.8 Å². The molecule has 2 atom stereocenters. The molecular formula is C22H23ClF3N3O4. The van der Waals surface area contributed by atoms with Crippen molar-refractivity contribution in [3.8, 4) is 5.75 Å². The van der Waals surface area contributed by atoms with E-state index in [-0.39, 0.29) is 25.2 Å². The zero-order chi connectivity index (χ0) is 23.8. The topological polar surface area (TPSA) is 96.5 Å². The largest absolute Gasteiger partial charge is 0.522 e. The molecule has 2 aliphatic rings. The van der Waals surface area contributed by atoms with E-state index in [0.29, 0.717) is 40.7 Å². The van der Waals surface area contributed by atoms with E-state index in [1.165, 1.54) is 0 Å². The molecule has 178 valence electrons. The Bertz CT molecular complexity index is 1040. The third-order valence-electron chi connectivity index (χ3n) is 5.78. The molecule has 0 bridgehead atoms. The Morgan fingerprint density at radius 2 is 2.12 bits per heavy atom. The molecule has 0 spiro atoms. The van der Waals surface area contributed by atoms with Crippen LogP contribution in [0.4, 0.5) is 13.2 Å². The molecule has 2 heterocycles. The molecule has 33 heavy (non-hydrogen) atoms. The average Bonchev–Trinajstić information content (AvgIpc) is 3.17. The van der Waals surface area contributed by atoms with Crippen LogP contribution in [-0.2, 0) is 16.0 Å². The van der Waals surface area contributed by atoms with Crippen LogP contribution in [0.2, 0.25) is 5.02 Å². The summed E-state index contributed by atoms with van der Waals surface area (Å²) in [5.41, 5.74) is 1.77. The van der Waals surface area contributed by atoms with Gasteiger partial charge >= 0.3 is 6.36 Å². The van der Waals surface area contributed by atoms with Gasteiger partial charge in [-0.2, -0.15) is 0 Å². The maximum Gasteiger partial charge on any atom is 0.522 e. The number of aromatic nitrogens is 2. The van der Waals surface area contributed by atoms with E-state index in [1.807, 2.05) is 0 Å². The predicted octanol–water partition coefficient (Wildman–Crippen LogP) is 4.29. The second kappa shape index (κ2) is 9.36. The van der Waals surface area contributed by atoms with Gasteiger partial charge in [0.05, 0.1) is 12.2 Å².